The van der Waals surface area contributed by atoms with Gasteiger partial charge in [-0.3, -0.25) is 9.78 Å². The second kappa shape index (κ2) is 9.27. The molecule has 31 heavy (non-hydrogen) atoms. The van der Waals surface area contributed by atoms with Crippen LogP contribution in [-0.4, -0.2) is 67.9 Å². The van der Waals surface area contributed by atoms with Crippen molar-refractivity contribution in [3.8, 4) is 0 Å². The van der Waals surface area contributed by atoms with E-state index in [1.54, 1.807) is 12.3 Å². The molecule has 0 aliphatic carbocycles. The van der Waals surface area contributed by atoms with Crippen molar-refractivity contribution in [2.45, 2.75) is 37.0 Å². The van der Waals surface area contributed by atoms with E-state index in [0.29, 0.717) is 12.4 Å². The Morgan fingerprint density at radius 2 is 2.10 bits per heavy atom. The average molecular weight is 459 g/mol. The highest BCUT2D eigenvalue weighted by atomic mass is 32.2. The summed E-state index contributed by atoms with van der Waals surface area (Å²) >= 11 is 1.91. The molecule has 1 spiro atoms. The molecule has 1 amide bonds. The van der Waals surface area contributed by atoms with E-state index < -0.39 is 12.1 Å². The summed E-state index contributed by atoms with van der Waals surface area (Å²) in [6, 6.07) is 7.53. The van der Waals surface area contributed by atoms with Gasteiger partial charge in [-0.1, -0.05) is 11.2 Å². The van der Waals surface area contributed by atoms with E-state index in [1.165, 1.54) is 0 Å². The molecule has 2 saturated heterocycles. The minimum absolute atomic E-state index is 0.0697. The van der Waals surface area contributed by atoms with Crippen LogP contribution in [0.15, 0.2) is 35.0 Å². The fraction of sp³-hybridized carbons (Fsp3) is 0.474. The van der Waals surface area contributed by atoms with Gasteiger partial charge in [0.05, 0.1) is 28.8 Å². The number of likely N-dealkylation sites (tertiary alicyclic amines) is 1. The molecule has 4 heterocycles. The Morgan fingerprint density at radius 3 is 2.65 bits per heavy atom. The monoisotopic (exact) mass is 459 g/mol. The number of aliphatic carboxylic acids is 1. The summed E-state index contributed by atoms with van der Waals surface area (Å²) in [7, 11) is 0. The molecule has 0 radical (unpaired) electrons. The van der Waals surface area contributed by atoms with Crippen LogP contribution in [0.2, 0.25) is 0 Å². The van der Waals surface area contributed by atoms with Gasteiger partial charge in [0.2, 0.25) is 5.76 Å². The van der Waals surface area contributed by atoms with Gasteiger partial charge in [0, 0.05) is 31.1 Å². The van der Waals surface area contributed by atoms with Gasteiger partial charge >= 0.3 is 12.1 Å². The summed E-state index contributed by atoms with van der Waals surface area (Å²) in [4.78, 5) is 27.3. The number of carbonyl (C=O) groups is 2. The topological polar surface area (TPSA) is 106 Å². The number of ether oxygens (including phenoxy) is 1. The zero-order chi connectivity index (χ0) is 22.6. The van der Waals surface area contributed by atoms with Gasteiger partial charge in [-0.25, -0.2) is 4.79 Å². The van der Waals surface area contributed by atoms with Gasteiger partial charge in [-0.15, -0.1) is 11.8 Å². The average Bonchev–Trinajstić information content (AvgIpc) is 3.32. The Hall–Kier alpha value is -2.60. The largest absolute Gasteiger partial charge is 0.490 e. The van der Waals surface area contributed by atoms with Gasteiger partial charge < -0.3 is 19.3 Å². The number of carboxylic acid groups (broad SMARTS) is 1. The molecule has 1 atom stereocenters. The molecule has 0 bridgehead atoms. The maximum Gasteiger partial charge on any atom is 0.490 e. The van der Waals surface area contributed by atoms with E-state index in [2.05, 4.69) is 10.1 Å². The second-order valence-corrected chi connectivity index (χ2v) is 8.74. The van der Waals surface area contributed by atoms with E-state index >= 15 is 0 Å². The lowest BCUT2D eigenvalue weighted by molar-refractivity contribution is -0.192. The van der Waals surface area contributed by atoms with Crippen LogP contribution in [0.5, 0.6) is 0 Å². The molecule has 0 aromatic carbocycles. The number of amides is 1. The fourth-order valence-electron chi connectivity index (χ4n) is 3.23. The van der Waals surface area contributed by atoms with Crippen LogP contribution >= 0.6 is 11.8 Å². The zero-order valence-corrected chi connectivity index (χ0v) is 17.3. The van der Waals surface area contributed by atoms with Crippen molar-refractivity contribution in [2.24, 2.45) is 0 Å². The third-order valence-electron chi connectivity index (χ3n) is 4.69. The van der Waals surface area contributed by atoms with E-state index in [4.69, 9.17) is 19.2 Å². The lowest BCUT2D eigenvalue weighted by Gasteiger charge is -2.46. The number of carbonyl (C=O) groups excluding carboxylic acids is 1. The molecule has 2 aliphatic rings. The Morgan fingerprint density at radius 1 is 1.39 bits per heavy atom. The molecule has 2 fully saturated rings. The van der Waals surface area contributed by atoms with Crippen molar-refractivity contribution < 1.29 is 37.1 Å². The summed E-state index contributed by atoms with van der Waals surface area (Å²) < 4.78 is 42.9. The van der Waals surface area contributed by atoms with E-state index in [-0.39, 0.29) is 16.8 Å². The van der Waals surface area contributed by atoms with Crippen LogP contribution in [0.1, 0.15) is 28.4 Å². The highest BCUT2D eigenvalue weighted by Crippen LogP contribution is 2.46. The first-order valence-corrected chi connectivity index (χ1v) is 10.2. The van der Waals surface area contributed by atoms with E-state index in [0.717, 1.165) is 36.7 Å². The number of aryl methyl sites for hydroxylation is 1. The standard InChI is InChI=1S/C17H19N3O3S.C2HF3O2/c1-12-6-15(23-19-12)16(21)20-10-17(11-20)7-14(9-24-17)22-8-13-4-2-3-5-18-13;3-2(4,5)1(6)7/h2-6,14H,7-11H2,1H3;(H,6,7). The molecule has 1 unspecified atom stereocenters. The minimum Gasteiger partial charge on any atom is -0.475 e. The molecular formula is C19H20F3N3O5S. The van der Waals surface area contributed by atoms with Gasteiger partial charge in [-0.05, 0) is 25.5 Å². The number of nitrogens with zero attached hydrogens (tertiary/aromatic N) is 3. The van der Waals surface area contributed by atoms with Crippen LogP contribution in [0, 0.1) is 6.92 Å². The molecule has 2 aromatic heterocycles. The molecule has 8 nitrogen and oxygen atoms in total. The number of hydrogen-bond acceptors (Lipinski definition) is 7. The summed E-state index contributed by atoms with van der Waals surface area (Å²) in [6.45, 7) is 3.86. The fourth-order valence-corrected chi connectivity index (χ4v) is 4.78. The number of rotatable bonds is 4. The predicted octanol–water partition coefficient (Wildman–Crippen LogP) is 2.93. The molecule has 168 valence electrons. The quantitative estimate of drug-likeness (QED) is 0.744. The van der Waals surface area contributed by atoms with Crippen LogP contribution in [0.3, 0.4) is 0 Å². The molecule has 2 aliphatic heterocycles. The minimum atomic E-state index is -5.08. The first kappa shape index (κ1) is 23.1. The van der Waals surface area contributed by atoms with Crippen LogP contribution < -0.4 is 0 Å². The molecule has 1 N–H and O–H groups in total. The summed E-state index contributed by atoms with van der Waals surface area (Å²) in [5.74, 6) is -1.53. The number of thioether (sulfide) groups is 1. The van der Waals surface area contributed by atoms with Crippen molar-refractivity contribution in [3.63, 3.8) is 0 Å². The SMILES string of the molecule is Cc1cc(C(=O)N2CC3(CC(OCc4ccccn4)CS3)C2)on1.O=C(O)C(F)(F)F. The van der Waals surface area contributed by atoms with E-state index in [9.17, 15) is 18.0 Å². The molecule has 12 heteroatoms. The highest BCUT2D eigenvalue weighted by Gasteiger charge is 2.51. The Bertz CT molecular complexity index is 916. The van der Waals surface area contributed by atoms with Gasteiger partial charge in [-0.2, -0.15) is 13.2 Å². The number of hydrogen-bond donors (Lipinski definition) is 1. The molecule has 0 saturated carbocycles. The summed E-state index contributed by atoms with van der Waals surface area (Å²) in [5.41, 5.74) is 1.68. The smallest absolute Gasteiger partial charge is 0.475 e. The Kier molecular flexibility index (Phi) is 6.90. The molecular weight excluding hydrogens is 439 g/mol. The van der Waals surface area contributed by atoms with Crippen LogP contribution in [-0.2, 0) is 16.1 Å². The second-order valence-electron chi connectivity index (χ2n) is 7.25. The summed E-state index contributed by atoms with van der Waals surface area (Å²) in [6.07, 6.45) is -2.10. The van der Waals surface area contributed by atoms with Crippen molar-refractivity contribution in [1.82, 2.24) is 15.0 Å². The van der Waals surface area contributed by atoms with Crippen molar-refractivity contribution in [3.05, 3.63) is 47.6 Å². The van der Waals surface area contributed by atoms with Crippen molar-refractivity contribution in [1.29, 1.82) is 0 Å². The first-order chi connectivity index (χ1) is 14.6. The summed E-state index contributed by atoms with van der Waals surface area (Å²) in [5, 5.41) is 10.9. The van der Waals surface area contributed by atoms with Gasteiger partial charge in [0.1, 0.15) is 0 Å². The number of aromatic nitrogens is 2. The van der Waals surface area contributed by atoms with Gasteiger partial charge in [0.25, 0.3) is 5.91 Å². The molecule has 4 rings (SSSR count). The maximum atomic E-state index is 12.3. The number of alkyl halides is 3. The Labute approximate surface area is 179 Å². The highest BCUT2D eigenvalue weighted by molar-refractivity contribution is 8.01. The van der Waals surface area contributed by atoms with Crippen LogP contribution in [0.25, 0.3) is 0 Å². The van der Waals surface area contributed by atoms with Crippen LogP contribution in [0.4, 0.5) is 13.2 Å². The lowest BCUT2D eigenvalue weighted by Crippen LogP contribution is -2.60. The third kappa shape index (κ3) is 5.97. The first-order valence-electron chi connectivity index (χ1n) is 9.26. The number of carboxylic acids is 1. The third-order valence-corrected chi connectivity index (χ3v) is 6.27. The zero-order valence-electron chi connectivity index (χ0n) is 16.5. The van der Waals surface area contributed by atoms with Crippen molar-refractivity contribution >= 4 is 23.6 Å². The van der Waals surface area contributed by atoms with E-state index in [1.807, 2.05) is 41.8 Å². The normalized spacial score (nSPS) is 19.5. The lowest BCUT2D eigenvalue weighted by atomic mass is 9.92. The number of halogens is 3. The Balaban J connectivity index is 0.000000339. The molecule has 2 aromatic rings. The predicted molar refractivity (Wildman–Crippen MR) is 103 cm³/mol. The maximum absolute atomic E-state index is 12.3. The van der Waals surface area contributed by atoms with Crippen molar-refractivity contribution in [2.75, 3.05) is 18.8 Å². The number of pyridine rings is 1. The van der Waals surface area contributed by atoms with Gasteiger partial charge in [0.15, 0.2) is 0 Å².